The van der Waals surface area contributed by atoms with E-state index in [-0.39, 0.29) is 5.91 Å². The van der Waals surface area contributed by atoms with Crippen LogP contribution in [0.4, 0.5) is 5.69 Å². The monoisotopic (exact) mass is 355 g/mol. The van der Waals surface area contributed by atoms with Crippen LogP contribution >= 0.6 is 11.6 Å². The fraction of sp³-hybridized carbons (Fsp3) is 0.167. The Morgan fingerprint density at radius 2 is 2.08 bits per heavy atom. The summed E-state index contributed by atoms with van der Waals surface area (Å²) < 4.78 is 3.55. The van der Waals surface area contributed by atoms with Crippen molar-refractivity contribution in [2.75, 3.05) is 5.32 Å². The van der Waals surface area contributed by atoms with Gasteiger partial charge in [0, 0.05) is 35.6 Å². The van der Waals surface area contributed by atoms with E-state index in [9.17, 15) is 4.79 Å². The quantitative estimate of drug-likeness (QED) is 0.689. The topological polar surface area (TPSA) is 64.7 Å². The molecule has 1 N–H and O–H groups in total. The van der Waals surface area contributed by atoms with Crippen molar-refractivity contribution in [2.24, 2.45) is 0 Å². The molecule has 0 fully saturated rings. The number of nitrogens with zero attached hydrogens (tertiary/aromatic N) is 4. The molecular weight excluding hydrogens is 338 g/mol. The van der Waals surface area contributed by atoms with Crippen molar-refractivity contribution in [1.82, 2.24) is 19.6 Å². The van der Waals surface area contributed by atoms with Gasteiger partial charge in [0.2, 0.25) is 5.91 Å². The van der Waals surface area contributed by atoms with Gasteiger partial charge >= 0.3 is 0 Å². The standard InChI is InChI=1S/C18H18ClN5O/c1-2-23-12-15(9-20-23)6-7-18(25)22-17-10-21-24(13-17)11-14-4-3-5-16(19)8-14/h3-10,12-13H,2,11H2,1H3,(H,22,25)/b7-6+. The minimum Gasteiger partial charge on any atom is -0.320 e. The third kappa shape index (κ3) is 4.81. The molecule has 0 aliphatic rings. The molecule has 25 heavy (non-hydrogen) atoms. The Hall–Kier alpha value is -2.86. The number of halogens is 1. The summed E-state index contributed by atoms with van der Waals surface area (Å²) in [4.78, 5) is 12.0. The Morgan fingerprint density at radius 3 is 2.84 bits per heavy atom. The number of benzene rings is 1. The minimum atomic E-state index is -0.216. The van der Waals surface area contributed by atoms with Crippen LogP contribution in [-0.4, -0.2) is 25.5 Å². The van der Waals surface area contributed by atoms with Gasteiger partial charge in [-0.15, -0.1) is 0 Å². The van der Waals surface area contributed by atoms with E-state index in [0.717, 1.165) is 17.7 Å². The Labute approximate surface area is 150 Å². The molecule has 0 saturated heterocycles. The molecule has 0 saturated carbocycles. The second kappa shape index (κ2) is 7.81. The third-order valence-electron chi connectivity index (χ3n) is 3.54. The van der Waals surface area contributed by atoms with Gasteiger partial charge in [0.25, 0.3) is 0 Å². The Bertz CT molecular complexity index is 896. The maximum Gasteiger partial charge on any atom is 0.248 e. The highest BCUT2D eigenvalue weighted by Gasteiger charge is 2.03. The van der Waals surface area contributed by atoms with Crippen molar-refractivity contribution in [2.45, 2.75) is 20.0 Å². The van der Waals surface area contributed by atoms with Crippen LogP contribution in [0.25, 0.3) is 6.08 Å². The number of rotatable bonds is 6. The van der Waals surface area contributed by atoms with Crippen LogP contribution in [0.15, 0.2) is 55.1 Å². The summed E-state index contributed by atoms with van der Waals surface area (Å²) in [7, 11) is 0. The highest BCUT2D eigenvalue weighted by molar-refractivity contribution is 6.30. The molecule has 3 rings (SSSR count). The van der Waals surface area contributed by atoms with Crippen molar-refractivity contribution in [3.63, 3.8) is 0 Å². The SMILES string of the molecule is CCn1cc(/C=C/C(=O)Nc2cnn(Cc3cccc(Cl)c3)c2)cn1. The number of carbonyl (C=O) groups is 1. The number of aryl methyl sites for hydroxylation is 1. The molecule has 0 bridgehead atoms. The summed E-state index contributed by atoms with van der Waals surface area (Å²) >= 11 is 5.98. The van der Waals surface area contributed by atoms with Crippen LogP contribution in [0.3, 0.4) is 0 Å². The number of hydrogen-bond acceptors (Lipinski definition) is 3. The van der Waals surface area contributed by atoms with Crippen molar-refractivity contribution in [1.29, 1.82) is 0 Å². The van der Waals surface area contributed by atoms with Gasteiger partial charge in [-0.3, -0.25) is 14.2 Å². The second-order valence-electron chi connectivity index (χ2n) is 5.51. The maximum absolute atomic E-state index is 12.0. The number of nitrogens with one attached hydrogen (secondary N) is 1. The molecule has 3 aromatic rings. The second-order valence-corrected chi connectivity index (χ2v) is 5.94. The van der Waals surface area contributed by atoms with Crippen LogP contribution < -0.4 is 5.32 Å². The summed E-state index contributed by atoms with van der Waals surface area (Å²) in [6.45, 7) is 3.39. The zero-order valence-electron chi connectivity index (χ0n) is 13.8. The van der Waals surface area contributed by atoms with Crippen molar-refractivity contribution in [3.8, 4) is 0 Å². The van der Waals surface area contributed by atoms with Crippen LogP contribution in [0.5, 0.6) is 0 Å². The van der Waals surface area contributed by atoms with Crippen LogP contribution in [0.1, 0.15) is 18.1 Å². The summed E-state index contributed by atoms with van der Waals surface area (Å²) in [5.41, 5.74) is 2.57. The van der Waals surface area contributed by atoms with Gasteiger partial charge in [-0.2, -0.15) is 10.2 Å². The normalized spacial score (nSPS) is 11.1. The van der Waals surface area contributed by atoms with Crippen LogP contribution in [0, 0.1) is 0 Å². The van der Waals surface area contributed by atoms with E-state index in [2.05, 4.69) is 15.5 Å². The fourth-order valence-corrected chi connectivity index (χ4v) is 2.54. The molecule has 1 aromatic carbocycles. The lowest BCUT2D eigenvalue weighted by Gasteiger charge is -2.02. The first kappa shape index (κ1) is 17.0. The molecule has 2 heterocycles. The zero-order valence-corrected chi connectivity index (χ0v) is 14.5. The highest BCUT2D eigenvalue weighted by atomic mass is 35.5. The van der Waals surface area contributed by atoms with Crippen LogP contribution in [0.2, 0.25) is 5.02 Å². The summed E-state index contributed by atoms with van der Waals surface area (Å²) in [6.07, 6.45) is 10.2. The molecule has 0 atom stereocenters. The molecule has 0 aliphatic heterocycles. The Balaban J connectivity index is 1.58. The van der Waals surface area contributed by atoms with Gasteiger partial charge in [-0.1, -0.05) is 23.7 Å². The van der Waals surface area contributed by atoms with E-state index in [1.807, 2.05) is 37.4 Å². The summed E-state index contributed by atoms with van der Waals surface area (Å²) in [6, 6.07) is 7.59. The van der Waals surface area contributed by atoms with Gasteiger partial charge < -0.3 is 5.32 Å². The molecule has 0 unspecified atom stereocenters. The predicted octanol–water partition coefficient (Wildman–Crippen LogP) is 3.45. The number of hydrogen-bond donors (Lipinski definition) is 1. The van der Waals surface area contributed by atoms with Crippen molar-refractivity contribution in [3.05, 3.63) is 71.3 Å². The maximum atomic E-state index is 12.0. The van der Waals surface area contributed by atoms with E-state index >= 15 is 0 Å². The first-order chi connectivity index (χ1) is 12.1. The van der Waals surface area contributed by atoms with Gasteiger partial charge in [-0.25, -0.2) is 0 Å². The van der Waals surface area contributed by atoms with Gasteiger partial charge in [0.15, 0.2) is 0 Å². The number of amides is 1. The molecule has 128 valence electrons. The molecule has 6 nitrogen and oxygen atoms in total. The van der Waals surface area contributed by atoms with E-state index in [4.69, 9.17) is 11.6 Å². The van der Waals surface area contributed by atoms with Crippen molar-refractivity contribution >= 4 is 29.3 Å². The summed E-state index contributed by atoms with van der Waals surface area (Å²) in [5.74, 6) is -0.216. The molecule has 2 aromatic heterocycles. The lowest BCUT2D eigenvalue weighted by atomic mass is 10.2. The lowest BCUT2D eigenvalue weighted by molar-refractivity contribution is -0.111. The molecule has 0 aliphatic carbocycles. The first-order valence-corrected chi connectivity index (χ1v) is 8.28. The lowest BCUT2D eigenvalue weighted by Crippen LogP contribution is -2.07. The number of carbonyl (C=O) groups excluding carboxylic acids is 1. The van der Waals surface area contributed by atoms with E-state index in [1.54, 1.807) is 34.0 Å². The first-order valence-electron chi connectivity index (χ1n) is 7.91. The van der Waals surface area contributed by atoms with Crippen LogP contribution in [-0.2, 0) is 17.9 Å². The van der Waals surface area contributed by atoms with Crippen molar-refractivity contribution < 1.29 is 4.79 Å². The highest BCUT2D eigenvalue weighted by Crippen LogP contribution is 2.13. The molecule has 0 radical (unpaired) electrons. The molecule has 7 heteroatoms. The third-order valence-corrected chi connectivity index (χ3v) is 3.77. The largest absolute Gasteiger partial charge is 0.320 e. The number of aromatic nitrogens is 4. The average molecular weight is 356 g/mol. The summed E-state index contributed by atoms with van der Waals surface area (Å²) in [5, 5.41) is 11.9. The molecule has 0 spiro atoms. The Kier molecular flexibility index (Phi) is 5.30. The van der Waals surface area contributed by atoms with E-state index < -0.39 is 0 Å². The minimum absolute atomic E-state index is 0.216. The van der Waals surface area contributed by atoms with Gasteiger partial charge in [0.05, 0.1) is 24.6 Å². The smallest absolute Gasteiger partial charge is 0.248 e. The Morgan fingerprint density at radius 1 is 1.24 bits per heavy atom. The molecule has 1 amide bonds. The van der Waals surface area contributed by atoms with E-state index in [0.29, 0.717) is 17.3 Å². The molecular formula is C18H18ClN5O. The average Bonchev–Trinajstić information content (AvgIpc) is 3.22. The van der Waals surface area contributed by atoms with Gasteiger partial charge in [0.1, 0.15) is 0 Å². The zero-order chi connectivity index (χ0) is 17.6. The predicted molar refractivity (Wildman–Crippen MR) is 98.3 cm³/mol. The van der Waals surface area contributed by atoms with Gasteiger partial charge in [-0.05, 0) is 30.7 Å². The van der Waals surface area contributed by atoms with E-state index in [1.165, 1.54) is 6.08 Å². The fourth-order valence-electron chi connectivity index (χ4n) is 2.33. The number of anilines is 1.